The van der Waals surface area contributed by atoms with E-state index in [0.717, 1.165) is 5.56 Å². The predicted octanol–water partition coefficient (Wildman–Crippen LogP) is 3.90. The highest BCUT2D eigenvalue weighted by Gasteiger charge is 2.21. The smallest absolute Gasteiger partial charge is 0.251 e. The van der Waals surface area contributed by atoms with Gasteiger partial charge >= 0.3 is 0 Å². The number of halogens is 1. The summed E-state index contributed by atoms with van der Waals surface area (Å²) < 4.78 is 13.8. The lowest BCUT2D eigenvalue weighted by Gasteiger charge is -2.23. The van der Waals surface area contributed by atoms with Gasteiger partial charge in [-0.25, -0.2) is 4.39 Å². The lowest BCUT2D eigenvalue weighted by Crippen LogP contribution is -2.45. The van der Waals surface area contributed by atoms with Crippen molar-refractivity contribution >= 4 is 11.8 Å². The number of rotatable bonds is 5. The van der Waals surface area contributed by atoms with Gasteiger partial charge in [0.05, 0.1) is 0 Å². The van der Waals surface area contributed by atoms with Gasteiger partial charge in [0.15, 0.2) is 0 Å². The Kier molecular flexibility index (Phi) is 6.37. The maximum Gasteiger partial charge on any atom is 0.251 e. The highest BCUT2D eigenvalue weighted by molar-refractivity contribution is 5.97. The van der Waals surface area contributed by atoms with E-state index in [2.05, 4.69) is 26.1 Å². The van der Waals surface area contributed by atoms with Crippen LogP contribution in [0.15, 0.2) is 48.5 Å². The molecule has 2 rings (SSSR count). The van der Waals surface area contributed by atoms with Crippen LogP contribution in [0.3, 0.4) is 0 Å². The third-order valence-electron chi connectivity index (χ3n) is 4.47. The van der Waals surface area contributed by atoms with Gasteiger partial charge in [-0.3, -0.25) is 9.59 Å². The fraction of sp³-hybridized carbons (Fsp3) is 0.364. The van der Waals surface area contributed by atoms with Crippen molar-refractivity contribution in [1.29, 1.82) is 0 Å². The number of amides is 2. The molecule has 0 radical (unpaired) electrons. The predicted molar refractivity (Wildman–Crippen MR) is 105 cm³/mol. The van der Waals surface area contributed by atoms with E-state index in [1.54, 1.807) is 44.3 Å². The molecule has 0 aliphatic heterocycles. The largest absolute Gasteiger partial charge is 0.341 e. The molecule has 4 nitrogen and oxygen atoms in total. The molecule has 2 amide bonds. The van der Waals surface area contributed by atoms with E-state index in [1.165, 1.54) is 11.0 Å². The molecule has 1 atom stereocenters. The van der Waals surface area contributed by atoms with Gasteiger partial charge in [0.2, 0.25) is 5.91 Å². The number of nitrogens with one attached hydrogen (secondary N) is 1. The fourth-order valence-corrected chi connectivity index (χ4v) is 2.75. The minimum absolute atomic E-state index is 0.00763. The number of carbonyl (C=O) groups is 2. The molecule has 2 aromatic carbocycles. The SMILES string of the molecule is CC(NC(=O)c1ccc(C(C)(C)C)cc1)C(=O)N(C)Cc1ccccc1F. The van der Waals surface area contributed by atoms with Crippen molar-refractivity contribution < 1.29 is 14.0 Å². The van der Waals surface area contributed by atoms with E-state index < -0.39 is 6.04 Å². The summed E-state index contributed by atoms with van der Waals surface area (Å²) in [7, 11) is 1.59. The van der Waals surface area contributed by atoms with Crippen molar-refractivity contribution in [2.75, 3.05) is 7.05 Å². The summed E-state index contributed by atoms with van der Waals surface area (Å²) in [5.74, 6) is -0.943. The maximum absolute atomic E-state index is 13.8. The van der Waals surface area contributed by atoms with Crippen LogP contribution in [0, 0.1) is 5.82 Å². The maximum atomic E-state index is 13.8. The number of likely N-dealkylation sites (N-methyl/N-ethyl adjacent to an activating group) is 1. The number of hydrogen-bond acceptors (Lipinski definition) is 2. The molecule has 27 heavy (non-hydrogen) atoms. The lowest BCUT2D eigenvalue weighted by molar-refractivity contribution is -0.132. The monoisotopic (exact) mass is 370 g/mol. The van der Waals surface area contributed by atoms with Gasteiger partial charge in [0.25, 0.3) is 5.91 Å². The molecule has 2 aromatic rings. The quantitative estimate of drug-likeness (QED) is 0.868. The highest BCUT2D eigenvalue weighted by Crippen LogP contribution is 2.22. The molecular formula is C22H27FN2O2. The number of benzene rings is 2. The van der Waals surface area contributed by atoms with Crippen LogP contribution in [0.25, 0.3) is 0 Å². The topological polar surface area (TPSA) is 49.4 Å². The van der Waals surface area contributed by atoms with Crippen LogP contribution >= 0.6 is 0 Å². The second-order valence-electron chi connectivity index (χ2n) is 7.81. The molecule has 0 heterocycles. The first-order valence-corrected chi connectivity index (χ1v) is 8.99. The summed E-state index contributed by atoms with van der Waals surface area (Å²) in [6.07, 6.45) is 0. The molecule has 1 unspecified atom stereocenters. The van der Waals surface area contributed by atoms with Gasteiger partial charge in [0, 0.05) is 24.7 Å². The molecule has 0 aliphatic carbocycles. The molecule has 0 saturated heterocycles. The third-order valence-corrected chi connectivity index (χ3v) is 4.47. The first kappa shape index (κ1) is 20.6. The number of carbonyl (C=O) groups excluding carboxylic acids is 2. The fourth-order valence-electron chi connectivity index (χ4n) is 2.75. The van der Waals surface area contributed by atoms with E-state index >= 15 is 0 Å². The van der Waals surface area contributed by atoms with Crippen molar-refractivity contribution in [2.24, 2.45) is 0 Å². The van der Waals surface area contributed by atoms with E-state index in [4.69, 9.17) is 0 Å². The van der Waals surface area contributed by atoms with Crippen molar-refractivity contribution in [3.63, 3.8) is 0 Å². The number of nitrogens with zero attached hydrogens (tertiary/aromatic N) is 1. The molecule has 0 aliphatic rings. The zero-order chi connectivity index (χ0) is 20.2. The van der Waals surface area contributed by atoms with Crippen LogP contribution < -0.4 is 5.32 Å². The summed E-state index contributed by atoms with van der Waals surface area (Å²) >= 11 is 0. The summed E-state index contributed by atoms with van der Waals surface area (Å²) in [5, 5.41) is 2.71. The molecule has 0 spiro atoms. The van der Waals surface area contributed by atoms with Gasteiger partial charge in [-0.1, -0.05) is 51.1 Å². The summed E-state index contributed by atoms with van der Waals surface area (Å²) in [6.45, 7) is 8.09. The molecule has 0 fully saturated rings. The van der Waals surface area contributed by atoms with Crippen molar-refractivity contribution in [1.82, 2.24) is 10.2 Å². The molecule has 0 bridgehead atoms. The Morgan fingerprint density at radius 2 is 1.67 bits per heavy atom. The van der Waals surface area contributed by atoms with E-state index in [-0.39, 0.29) is 29.6 Å². The molecule has 144 valence electrons. The van der Waals surface area contributed by atoms with Crippen LogP contribution in [0.4, 0.5) is 4.39 Å². The summed E-state index contributed by atoms with van der Waals surface area (Å²) in [6, 6.07) is 13.0. The molecule has 0 saturated carbocycles. The average molecular weight is 370 g/mol. The standard InChI is InChI=1S/C22H27FN2O2/c1-15(21(27)25(5)14-17-8-6-7-9-19(17)23)24-20(26)16-10-12-18(13-11-16)22(2,3)4/h6-13,15H,14H2,1-5H3,(H,24,26). The van der Waals surface area contributed by atoms with Crippen LogP contribution in [0.2, 0.25) is 0 Å². The zero-order valence-corrected chi connectivity index (χ0v) is 16.5. The molecule has 1 N–H and O–H groups in total. The second-order valence-corrected chi connectivity index (χ2v) is 7.81. The molecule has 5 heteroatoms. The molecular weight excluding hydrogens is 343 g/mol. The normalized spacial score (nSPS) is 12.4. The van der Waals surface area contributed by atoms with Crippen LogP contribution in [0.5, 0.6) is 0 Å². The first-order chi connectivity index (χ1) is 12.6. The summed E-state index contributed by atoms with van der Waals surface area (Å²) in [5.41, 5.74) is 2.07. The van der Waals surface area contributed by atoms with Crippen molar-refractivity contribution in [2.45, 2.75) is 45.7 Å². The van der Waals surface area contributed by atoms with Gasteiger partial charge < -0.3 is 10.2 Å². The minimum atomic E-state index is -0.712. The zero-order valence-electron chi connectivity index (χ0n) is 16.5. The third kappa shape index (κ3) is 5.39. The Labute approximate surface area is 160 Å². The van der Waals surface area contributed by atoms with Crippen molar-refractivity contribution in [3.8, 4) is 0 Å². The van der Waals surface area contributed by atoms with Crippen molar-refractivity contribution in [3.05, 3.63) is 71.0 Å². The van der Waals surface area contributed by atoms with E-state index in [0.29, 0.717) is 11.1 Å². The van der Waals surface area contributed by atoms with Gasteiger partial charge in [-0.2, -0.15) is 0 Å². The average Bonchev–Trinajstić information content (AvgIpc) is 2.62. The van der Waals surface area contributed by atoms with E-state index in [1.807, 2.05) is 12.1 Å². The first-order valence-electron chi connectivity index (χ1n) is 8.99. The Hall–Kier alpha value is -2.69. The Morgan fingerprint density at radius 1 is 1.07 bits per heavy atom. The Balaban J connectivity index is 1.98. The van der Waals surface area contributed by atoms with Gasteiger partial charge in [-0.05, 0) is 36.1 Å². The van der Waals surface area contributed by atoms with Crippen LogP contribution in [-0.2, 0) is 16.8 Å². The van der Waals surface area contributed by atoms with E-state index in [9.17, 15) is 14.0 Å². The summed E-state index contributed by atoms with van der Waals surface area (Å²) in [4.78, 5) is 26.3. The van der Waals surface area contributed by atoms with Gasteiger partial charge in [0.1, 0.15) is 11.9 Å². The Morgan fingerprint density at radius 3 is 2.22 bits per heavy atom. The number of hydrogen-bond donors (Lipinski definition) is 1. The second kappa shape index (κ2) is 8.33. The lowest BCUT2D eigenvalue weighted by atomic mass is 9.86. The Bertz CT molecular complexity index is 810. The van der Waals surface area contributed by atoms with Gasteiger partial charge in [-0.15, -0.1) is 0 Å². The minimum Gasteiger partial charge on any atom is -0.341 e. The van der Waals surface area contributed by atoms with Crippen LogP contribution in [0.1, 0.15) is 49.2 Å². The van der Waals surface area contributed by atoms with Crippen LogP contribution in [-0.4, -0.2) is 29.8 Å². The highest BCUT2D eigenvalue weighted by atomic mass is 19.1. The molecule has 0 aromatic heterocycles.